The zero-order chi connectivity index (χ0) is 9.35. The van der Waals surface area contributed by atoms with Crippen molar-refractivity contribution in [1.29, 1.82) is 0 Å². The van der Waals surface area contributed by atoms with Gasteiger partial charge >= 0.3 is 0 Å². The summed E-state index contributed by atoms with van der Waals surface area (Å²) in [5.74, 6) is 0.743. The summed E-state index contributed by atoms with van der Waals surface area (Å²) in [5.41, 5.74) is 5.93. The largest absolute Gasteiger partial charge is 0.448 e. The first-order chi connectivity index (χ1) is 5.41. The molecule has 0 aliphatic rings. The second-order valence-electron chi connectivity index (χ2n) is 3.99. The van der Waals surface area contributed by atoms with Crippen LogP contribution in [0.3, 0.4) is 0 Å². The fraction of sp³-hybridized carbons (Fsp3) is 0.556. The highest BCUT2D eigenvalue weighted by atomic mass is 35.5. The molecule has 0 spiro atoms. The summed E-state index contributed by atoms with van der Waals surface area (Å²) in [7, 11) is 0. The quantitative estimate of drug-likeness (QED) is 0.734. The van der Waals surface area contributed by atoms with Crippen LogP contribution in [0.25, 0.3) is 0 Å². The van der Waals surface area contributed by atoms with Crippen LogP contribution in [0, 0.1) is 5.41 Å². The first-order valence-corrected chi connectivity index (χ1v) is 4.30. The molecule has 3 heteroatoms. The van der Waals surface area contributed by atoms with E-state index < -0.39 is 0 Å². The van der Waals surface area contributed by atoms with Crippen molar-refractivity contribution in [2.75, 3.05) is 0 Å². The van der Waals surface area contributed by atoms with E-state index in [2.05, 4.69) is 20.8 Å². The summed E-state index contributed by atoms with van der Waals surface area (Å²) in [4.78, 5) is 0. The number of rotatable bonds is 1. The van der Waals surface area contributed by atoms with Gasteiger partial charge in [-0.2, -0.15) is 0 Å². The molecule has 0 amide bonds. The lowest BCUT2D eigenvalue weighted by atomic mass is 9.86. The van der Waals surface area contributed by atoms with Crippen molar-refractivity contribution in [3.8, 4) is 0 Å². The van der Waals surface area contributed by atoms with Gasteiger partial charge in [-0.1, -0.05) is 20.8 Å². The third kappa shape index (κ3) is 2.02. The second-order valence-corrected chi connectivity index (χ2v) is 4.36. The maximum atomic E-state index is 5.93. The van der Waals surface area contributed by atoms with E-state index in [9.17, 15) is 0 Å². The van der Waals surface area contributed by atoms with E-state index >= 15 is 0 Å². The maximum Gasteiger partial charge on any atom is 0.193 e. The molecule has 1 aromatic heterocycles. The second kappa shape index (κ2) is 3.11. The molecule has 0 aliphatic heterocycles. The Morgan fingerprint density at radius 1 is 1.42 bits per heavy atom. The van der Waals surface area contributed by atoms with Gasteiger partial charge in [0.1, 0.15) is 5.76 Å². The van der Waals surface area contributed by atoms with Crippen LogP contribution in [0.15, 0.2) is 16.5 Å². The molecule has 2 N–H and O–H groups in total. The van der Waals surface area contributed by atoms with Crippen LogP contribution in [0.4, 0.5) is 0 Å². The minimum Gasteiger partial charge on any atom is -0.448 e. The Labute approximate surface area is 77.7 Å². The van der Waals surface area contributed by atoms with Crippen molar-refractivity contribution < 1.29 is 4.42 Å². The summed E-state index contributed by atoms with van der Waals surface area (Å²) in [5, 5.41) is 0.393. The van der Waals surface area contributed by atoms with Crippen LogP contribution in [0.5, 0.6) is 0 Å². The van der Waals surface area contributed by atoms with Gasteiger partial charge in [-0.15, -0.1) is 0 Å². The van der Waals surface area contributed by atoms with Crippen molar-refractivity contribution in [2.45, 2.75) is 26.8 Å². The summed E-state index contributed by atoms with van der Waals surface area (Å²) < 4.78 is 5.21. The zero-order valence-corrected chi connectivity index (χ0v) is 8.35. The van der Waals surface area contributed by atoms with Crippen LogP contribution in [0.1, 0.15) is 32.6 Å². The molecule has 0 aromatic carbocycles. The fourth-order valence-corrected chi connectivity index (χ4v) is 1.07. The van der Waals surface area contributed by atoms with E-state index in [4.69, 9.17) is 21.8 Å². The van der Waals surface area contributed by atoms with Crippen molar-refractivity contribution >= 4 is 11.6 Å². The standard InChI is InChI=1S/C9H14ClNO/c1-9(2,3)8(11)6-4-5-7(10)12-6/h4-5,8H,11H2,1-3H3. The van der Waals surface area contributed by atoms with Gasteiger partial charge in [-0.25, -0.2) is 0 Å². The Hall–Kier alpha value is -0.470. The van der Waals surface area contributed by atoms with Gasteiger partial charge in [0.2, 0.25) is 0 Å². The van der Waals surface area contributed by atoms with Crippen LogP contribution < -0.4 is 5.73 Å². The van der Waals surface area contributed by atoms with Gasteiger partial charge in [-0.3, -0.25) is 0 Å². The van der Waals surface area contributed by atoms with Crippen molar-refractivity contribution in [2.24, 2.45) is 11.1 Å². The molecule has 0 saturated carbocycles. The lowest BCUT2D eigenvalue weighted by Crippen LogP contribution is -2.25. The molecule has 0 radical (unpaired) electrons. The Kier molecular flexibility index (Phi) is 2.49. The molecule has 1 atom stereocenters. The number of hydrogen-bond donors (Lipinski definition) is 1. The topological polar surface area (TPSA) is 39.2 Å². The first-order valence-electron chi connectivity index (χ1n) is 3.92. The molecule has 1 unspecified atom stereocenters. The van der Waals surface area contributed by atoms with Gasteiger partial charge < -0.3 is 10.2 Å². The monoisotopic (exact) mass is 187 g/mol. The molecule has 12 heavy (non-hydrogen) atoms. The SMILES string of the molecule is CC(C)(C)C(N)c1ccc(Cl)o1. The molecule has 2 nitrogen and oxygen atoms in total. The van der Waals surface area contributed by atoms with Crippen LogP contribution in [0.2, 0.25) is 5.22 Å². The molecule has 68 valence electrons. The third-order valence-electron chi connectivity index (χ3n) is 1.83. The summed E-state index contributed by atoms with van der Waals surface area (Å²) >= 11 is 5.63. The molecule has 1 rings (SSSR count). The van der Waals surface area contributed by atoms with E-state index in [0.717, 1.165) is 5.76 Å². The van der Waals surface area contributed by atoms with Gasteiger partial charge in [0.25, 0.3) is 0 Å². The number of furan rings is 1. The molecular formula is C9H14ClNO. The van der Waals surface area contributed by atoms with Crippen molar-refractivity contribution in [3.05, 3.63) is 23.1 Å². The van der Waals surface area contributed by atoms with Gasteiger partial charge in [0.05, 0.1) is 6.04 Å². The highest BCUT2D eigenvalue weighted by Crippen LogP contribution is 2.32. The van der Waals surface area contributed by atoms with Crippen molar-refractivity contribution in [1.82, 2.24) is 0 Å². The van der Waals surface area contributed by atoms with Crippen LogP contribution in [-0.2, 0) is 0 Å². The Morgan fingerprint density at radius 3 is 2.33 bits per heavy atom. The van der Waals surface area contributed by atoms with Crippen LogP contribution >= 0.6 is 11.6 Å². The minimum atomic E-state index is -0.106. The van der Waals surface area contributed by atoms with E-state index in [1.807, 2.05) is 6.07 Å². The smallest absolute Gasteiger partial charge is 0.193 e. The van der Waals surface area contributed by atoms with E-state index in [1.54, 1.807) is 6.07 Å². The number of nitrogens with two attached hydrogens (primary N) is 1. The average molecular weight is 188 g/mol. The molecule has 1 heterocycles. The summed E-state index contributed by atoms with van der Waals surface area (Å²) in [6, 6.07) is 3.42. The maximum absolute atomic E-state index is 5.93. The molecule has 0 fully saturated rings. The van der Waals surface area contributed by atoms with E-state index in [0.29, 0.717) is 5.22 Å². The highest BCUT2D eigenvalue weighted by Gasteiger charge is 2.24. The van der Waals surface area contributed by atoms with Crippen molar-refractivity contribution in [3.63, 3.8) is 0 Å². The highest BCUT2D eigenvalue weighted by molar-refractivity contribution is 6.28. The van der Waals surface area contributed by atoms with Gasteiger partial charge in [0, 0.05) is 0 Å². The Bertz CT molecular complexity index is 262. The fourth-order valence-electron chi connectivity index (χ4n) is 0.922. The van der Waals surface area contributed by atoms with E-state index in [1.165, 1.54) is 0 Å². The summed E-state index contributed by atoms with van der Waals surface area (Å²) in [6.45, 7) is 6.19. The zero-order valence-electron chi connectivity index (χ0n) is 7.60. The molecule has 1 aromatic rings. The molecular weight excluding hydrogens is 174 g/mol. The number of hydrogen-bond acceptors (Lipinski definition) is 2. The normalized spacial score (nSPS) is 14.8. The molecule has 0 aliphatic carbocycles. The number of halogens is 1. The molecule has 0 saturated heterocycles. The lowest BCUT2D eigenvalue weighted by molar-refractivity contribution is 0.285. The Balaban J connectivity index is 2.85. The van der Waals surface area contributed by atoms with E-state index in [-0.39, 0.29) is 11.5 Å². The summed E-state index contributed by atoms with van der Waals surface area (Å²) in [6.07, 6.45) is 0. The predicted molar refractivity (Wildman–Crippen MR) is 50.1 cm³/mol. The lowest BCUT2D eigenvalue weighted by Gasteiger charge is -2.24. The van der Waals surface area contributed by atoms with Gasteiger partial charge in [0.15, 0.2) is 5.22 Å². The minimum absolute atomic E-state index is 0.00117. The Morgan fingerprint density at radius 2 is 2.00 bits per heavy atom. The first kappa shape index (κ1) is 9.62. The third-order valence-corrected chi connectivity index (χ3v) is 2.04. The molecule has 0 bridgehead atoms. The van der Waals surface area contributed by atoms with Crippen LogP contribution in [-0.4, -0.2) is 0 Å². The predicted octanol–water partition coefficient (Wildman–Crippen LogP) is 2.98. The van der Waals surface area contributed by atoms with Gasteiger partial charge in [-0.05, 0) is 29.1 Å². The average Bonchev–Trinajstić information content (AvgIpc) is 2.32.